The summed E-state index contributed by atoms with van der Waals surface area (Å²) in [4.78, 5) is 8.26. The zero-order chi connectivity index (χ0) is 11.8. The van der Waals surface area contributed by atoms with Crippen LogP contribution in [0.15, 0.2) is 17.4 Å². The van der Waals surface area contributed by atoms with E-state index in [-0.39, 0.29) is 0 Å². The molecule has 0 unspecified atom stereocenters. The zero-order valence-electron chi connectivity index (χ0n) is 9.81. The van der Waals surface area contributed by atoms with Gasteiger partial charge in [-0.2, -0.15) is 5.26 Å². The van der Waals surface area contributed by atoms with E-state index < -0.39 is 0 Å². The molecule has 0 aliphatic rings. The molecule has 1 rings (SSSR count). The first-order chi connectivity index (χ1) is 7.81. The first-order valence-electron chi connectivity index (χ1n) is 5.69. The molecule has 0 atom stereocenters. The largest absolute Gasteiger partial charge is 0.245 e. The summed E-state index contributed by atoms with van der Waals surface area (Å²) in [7, 11) is 0. The molecule has 4 heteroatoms. The first kappa shape index (κ1) is 13.0. The predicted octanol–water partition coefficient (Wildman–Crippen LogP) is 3.41. The van der Waals surface area contributed by atoms with Crippen molar-refractivity contribution in [3.05, 3.63) is 18.1 Å². The Bertz CT molecular complexity index is 354. The average Bonchev–Trinajstić information content (AvgIpc) is 2.30. The van der Waals surface area contributed by atoms with Gasteiger partial charge in [-0.1, -0.05) is 26.7 Å². The number of thioether (sulfide) groups is 1. The van der Waals surface area contributed by atoms with Crippen LogP contribution >= 0.6 is 11.8 Å². The van der Waals surface area contributed by atoms with Crippen LogP contribution in [0.1, 0.15) is 45.2 Å². The van der Waals surface area contributed by atoms with E-state index in [1.54, 1.807) is 24.2 Å². The fourth-order valence-electron chi connectivity index (χ4n) is 1.55. The maximum Gasteiger partial charge on any atom is 0.172 e. The Labute approximate surface area is 101 Å². The maximum atomic E-state index is 8.93. The summed E-state index contributed by atoms with van der Waals surface area (Å²) in [5.41, 5.74) is 0.449. The lowest BCUT2D eigenvalue weighted by Crippen LogP contribution is -2.03. The second-order valence-electron chi connectivity index (χ2n) is 3.64. The smallest absolute Gasteiger partial charge is 0.172 e. The highest BCUT2D eigenvalue weighted by Gasteiger charge is 2.13. The summed E-state index contributed by atoms with van der Waals surface area (Å²) in [6, 6.07) is 2.09. The van der Waals surface area contributed by atoms with Gasteiger partial charge in [0.1, 0.15) is 11.1 Å². The molecule has 0 fully saturated rings. The lowest BCUT2D eigenvalue weighted by atomic mass is 10.2. The van der Waals surface area contributed by atoms with E-state index >= 15 is 0 Å². The molecule has 1 heterocycles. The van der Waals surface area contributed by atoms with Crippen LogP contribution < -0.4 is 0 Å². The Kier molecular flexibility index (Phi) is 5.87. The molecule has 0 bridgehead atoms. The summed E-state index contributed by atoms with van der Waals surface area (Å²) in [5.74, 6) is 0. The predicted molar refractivity (Wildman–Crippen MR) is 66.2 cm³/mol. The van der Waals surface area contributed by atoms with Crippen LogP contribution in [0, 0.1) is 11.3 Å². The number of hydrogen-bond donors (Lipinski definition) is 0. The molecule has 0 saturated carbocycles. The maximum absolute atomic E-state index is 8.93. The Hall–Kier alpha value is -1.08. The van der Waals surface area contributed by atoms with E-state index in [9.17, 15) is 0 Å². The average molecular weight is 235 g/mol. The topological polar surface area (TPSA) is 49.6 Å². The van der Waals surface area contributed by atoms with Gasteiger partial charge < -0.3 is 0 Å². The molecule has 1 aromatic heterocycles. The Morgan fingerprint density at radius 1 is 1.25 bits per heavy atom. The van der Waals surface area contributed by atoms with Crippen molar-refractivity contribution in [1.82, 2.24) is 9.97 Å². The molecule has 0 amide bonds. The molecule has 0 radical (unpaired) electrons. The molecule has 0 aliphatic heterocycles. The van der Waals surface area contributed by atoms with Gasteiger partial charge in [0.2, 0.25) is 0 Å². The lowest BCUT2D eigenvalue weighted by molar-refractivity contribution is 0.671. The van der Waals surface area contributed by atoms with Crippen LogP contribution in [0.5, 0.6) is 0 Å². The first-order valence-corrected chi connectivity index (χ1v) is 6.57. The van der Waals surface area contributed by atoms with Crippen LogP contribution in [-0.2, 0) is 0 Å². The minimum absolute atomic E-state index is 0.449. The highest BCUT2D eigenvalue weighted by Crippen LogP contribution is 2.29. The van der Waals surface area contributed by atoms with Crippen molar-refractivity contribution in [2.75, 3.05) is 0 Å². The molecular formula is C12H17N3S. The van der Waals surface area contributed by atoms with Crippen molar-refractivity contribution in [3.63, 3.8) is 0 Å². The fourth-order valence-corrected chi connectivity index (χ4v) is 2.91. The van der Waals surface area contributed by atoms with Crippen molar-refractivity contribution in [3.8, 4) is 6.07 Å². The van der Waals surface area contributed by atoms with E-state index in [0.717, 1.165) is 5.03 Å². The van der Waals surface area contributed by atoms with Crippen molar-refractivity contribution < 1.29 is 0 Å². The molecule has 0 aromatic carbocycles. The van der Waals surface area contributed by atoms with Gasteiger partial charge in [0.15, 0.2) is 5.69 Å². The zero-order valence-corrected chi connectivity index (χ0v) is 10.6. The number of nitrogens with zero attached hydrogens (tertiary/aromatic N) is 3. The molecule has 86 valence electrons. The molecule has 16 heavy (non-hydrogen) atoms. The second kappa shape index (κ2) is 7.24. The third-order valence-corrected chi connectivity index (χ3v) is 3.60. The SMILES string of the molecule is CCCC(CCC)Sc1nccnc1C#N. The third kappa shape index (κ3) is 3.82. The molecule has 0 saturated heterocycles. The second-order valence-corrected chi connectivity index (χ2v) is 4.93. The Morgan fingerprint density at radius 2 is 1.88 bits per heavy atom. The summed E-state index contributed by atoms with van der Waals surface area (Å²) in [6.07, 6.45) is 7.88. The molecular weight excluding hydrogens is 218 g/mol. The van der Waals surface area contributed by atoms with Gasteiger partial charge in [0, 0.05) is 17.6 Å². The number of hydrogen-bond acceptors (Lipinski definition) is 4. The highest BCUT2D eigenvalue weighted by atomic mass is 32.2. The van der Waals surface area contributed by atoms with E-state index in [1.807, 2.05) is 0 Å². The van der Waals surface area contributed by atoms with Crippen molar-refractivity contribution >= 4 is 11.8 Å². The van der Waals surface area contributed by atoms with Crippen LogP contribution in [0.4, 0.5) is 0 Å². The van der Waals surface area contributed by atoms with E-state index in [4.69, 9.17) is 5.26 Å². The summed E-state index contributed by atoms with van der Waals surface area (Å²) in [6.45, 7) is 4.37. The van der Waals surface area contributed by atoms with Crippen LogP contribution in [-0.4, -0.2) is 15.2 Å². The molecule has 1 aromatic rings. The minimum atomic E-state index is 0.449. The van der Waals surface area contributed by atoms with Gasteiger partial charge in [-0.05, 0) is 12.8 Å². The van der Waals surface area contributed by atoms with Gasteiger partial charge in [0.05, 0.1) is 0 Å². The monoisotopic (exact) mass is 235 g/mol. The number of rotatable bonds is 6. The summed E-state index contributed by atoms with van der Waals surface area (Å²) in [5, 5.41) is 10.3. The van der Waals surface area contributed by atoms with Crippen LogP contribution in [0.25, 0.3) is 0 Å². The van der Waals surface area contributed by atoms with E-state index in [2.05, 4.69) is 29.9 Å². The van der Waals surface area contributed by atoms with Gasteiger partial charge in [-0.15, -0.1) is 11.8 Å². The quantitative estimate of drug-likeness (QED) is 0.709. The summed E-state index contributed by atoms with van der Waals surface area (Å²) >= 11 is 1.69. The van der Waals surface area contributed by atoms with Crippen LogP contribution in [0.2, 0.25) is 0 Å². The normalized spacial score (nSPS) is 10.4. The minimum Gasteiger partial charge on any atom is -0.245 e. The molecule has 0 N–H and O–H groups in total. The lowest BCUT2D eigenvalue weighted by Gasteiger charge is -2.14. The number of nitriles is 1. The van der Waals surface area contributed by atoms with Crippen LogP contribution in [0.3, 0.4) is 0 Å². The summed E-state index contributed by atoms with van der Waals surface area (Å²) < 4.78 is 0. The fraction of sp³-hybridized carbons (Fsp3) is 0.583. The standard InChI is InChI=1S/C12H17N3S/c1-3-5-10(6-4-2)16-12-11(9-13)14-7-8-15-12/h7-8,10H,3-6H2,1-2H3. The van der Waals surface area contributed by atoms with Gasteiger partial charge in [0.25, 0.3) is 0 Å². The third-order valence-electron chi connectivity index (χ3n) is 2.27. The highest BCUT2D eigenvalue weighted by molar-refractivity contribution is 7.99. The van der Waals surface area contributed by atoms with Gasteiger partial charge in [-0.3, -0.25) is 0 Å². The molecule has 3 nitrogen and oxygen atoms in total. The van der Waals surface area contributed by atoms with E-state index in [1.165, 1.54) is 25.7 Å². The molecule has 0 spiro atoms. The van der Waals surface area contributed by atoms with Crippen molar-refractivity contribution in [2.24, 2.45) is 0 Å². The van der Waals surface area contributed by atoms with E-state index in [0.29, 0.717) is 10.9 Å². The van der Waals surface area contributed by atoms with Crippen molar-refractivity contribution in [1.29, 1.82) is 5.26 Å². The van der Waals surface area contributed by atoms with Gasteiger partial charge in [-0.25, -0.2) is 9.97 Å². The molecule has 0 aliphatic carbocycles. The van der Waals surface area contributed by atoms with Gasteiger partial charge >= 0.3 is 0 Å². The Balaban J connectivity index is 2.72. The van der Waals surface area contributed by atoms with Crippen molar-refractivity contribution in [2.45, 2.75) is 49.8 Å². The number of aromatic nitrogens is 2. The Morgan fingerprint density at radius 3 is 2.44 bits per heavy atom.